The van der Waals surface area contributed by atoms with Gasteiger partial charge in [-0.3, -0.25) is 14.4 Å². The third kappa shape index (κ3) is 53.8. The van der Waals surface area contributed by atoms with Crippen molar-refractivity contribution in [2.45, 2.75) is 290 Å². The smallest absolute Gasteiger partial charge is 0.306 e. The van der Waals surface area contributed by atoms with Gasteiger partial charge in [0, 0.05) is 19.3 Å². The predicted octanol–water partition coefficient (Wildman–Crippen LogP) is 19.4. The molecule has 0 aliphatic heterocycles. The quantitative estimate of drug-likeness (QED) is 0.0262. The average Bonchev–Trinajstić information content (AvgIpc) is 3.34. The SMILES string of the molecule is CCCC/C=C\C/C=C\CCCCCCCC(=O)OCC(COC(=O)CCCCCCCCCCC/C=C\C/C=C\CCCCCCC)OC(=O)CCCCCCC/C=C\C/C=C\CCCCC. The van der Waals surface area contributed by atoms with Crippen LogP contribution in [0.1, 0.15) is 284 Å². The zero-order valence-corrected chi connectivity index (χ0v) is 44.9. The lowest BCUT2D eigenvalue weighted by atomic mass is 10.1. The summed E-state index contributed by atoms with van der Waals surface area (Å²) >= 11 is 0. The van der Waals surface area contributed by atoms with E-state index in [0.29, 0.717) is 19.3 Å². The topological polar surface area (TPSA) is 78.9 Å². The largest absolute Gasteiger partial charge is 0.462 e. The number of ether oxygens (including phenoxy) is 3. The lowest BCUT2D eigenvalue weighted by Gasteiger charge is -2.18. The van der Waals surface area contributed by atoms with Crippen LogP contribution in [0, 0.1) is 0 Å². The van der Waals surface area contributed by atoms with Crippen LogP contribution < -0.4 is 0 Å². The second-order valence-electron chi connectivity index (χ2n) is 19.2. The molecule has 0 heterocycles. The van der Waals surface area contributed by atoms with Crippen LogP contribution in [0.3, 0.4) is 0 Å². The molecule has 0 amide bonds. The van der Waals surface area contributed by atoms with E-state index in [1.165, 1.54) is 128 Å². The highest BCUT2D eigenvalue weighted by Gasteiger charge is 2.19. The van der Waals surface area contributed by atoms with E-state index >= 15 is 0 Å². The van der Waals surface area contributed by atoms with Gasteiger partial charge in [0.15, 0.2) is 6.10 Å². The van der Waals surface area contributed by atoms with Crippen molar-refractivity contribution in [3.8, 4) is 0 Å². The molecule has 0 rings (SSSR count). The van der Waals surface area contributed by atoms with Crippen LogP contribution in [0.2, 0.25) is 0 Å². The number of hydrogen-bond acceptors (Lipinski definition) is 6. The van der Waals surface area contributed by atoms with Crippen molar-refractivity contribution in [3.63, 3.8) is 0 Å². The van der Waals surface area contributed by atoms with Crippen LogP contribution in [0.15, 0.2) is 72.9 Å². The van der Waals surface area contributed by atoms with Gasteiger partial charge in [-0.1, -0.05) is 229 Å². The summed E-state index contributed by atoms with van der Waals surface area (Å²) in [6.07, 6.45) is 71.7. The molecule has 1 unspecified atom stereocenters. The summed E-state index contributed by atoms with van der Waals surface area (Å²) in [6, 6.07) is 0. The van der Waals surface area contributed by atoms with Crippen molar-refractivity contribution in [3.05, 3.63) is 72.9 Å². The molecule has 68 heavy (non-hydrogen) atoms. The Morgan fingerprint density at radius 1 is 0.294 bits per heavy atom. The van der Waals surface area contributed by atoms with Gasteiger partial charge < -0.3 is 14.2 Å². The van der Waals surface area contributed by atoms with Gasteiger partial charge in [0.1, 0.15) is 13.2 Å². The Morgan fingerprint density at radius 3 is 0.882 bits per heavy atom. The van der Waals surface area contributed by atoms with Crippen LogP contribution in [-0.4, -0.2) is 37.2 Å². The zero-order valence-electron chi connectivity index (χ0n) is 44.9. The van der Waals surface area contributed by atoms with Gasteiger partial charge in [0.05, 0.1) is 0 Å². The molecule has 0 saturated carbocycles. The molecular weight excluding hydrogens is 841 g/mol. The second-order valence-corrected chi connectivity index (χ2v) is 19.2. The van der Waals surface area contributed by atoms with Gasteiger partial charge in [-0.05, 0) is 109 Å². The molecule has 392 valence electrons. The first kappa shape index (κ1) is 64.8. The highest BCUT2D eigenvalue weighted by molar-refractivity contribution is 5.71. The van der Waals surface area contributed by atoms with Gasteiger partial charge in [-0.25, -0.2) is 0 Å². The Hall–Kier alpha value is -3.15. The fourth-order valence-corrected chi connectivity index (χ4v) is 7.99. The molecule has 0 radical (unpaired) electrons. The average molecular weight is 950 g/mol. The maximum Gasteiger partial charge on any atom is 0.306 e. The number of carbonyl (C=O) groups is 3. The summed E-state index contributed by atoms with van der Waals surface area (Å²) < 4.78 is 16.8. The van der Waals surface area contributed by atoms with Gasteiger partial charge in [-0.15, -0.1) is 0 Å². The first-order valence-electron chi connectivity index (χ1n) is 28.9. The van der Waals surface area contributed by atoms with Crippen LogP contribution >= 0.6 is 0 Å². The minimum atomic E-state index is -0.791. The number of carbonyl (C=O) groups excluding carboxylic acids is 3. The van der Waals surface area contributed by atoms with Crippen LogP contribution in [0.5, 0.6) is 0 Å². The molecular formula is C62H108O6. The third-order valence-corrected chi connectivity index (χ3v) is 12.4. The summed E-state index contributed by atoms with van der Waals surface area (Å²) in [7, 11) is 0. The van der Waals surface area contributed by atoms with Crippen molar-refractivity contribution < 1.29 is 28.6 Å². The molecule has 0 bridgehead atoms. The van der Waals surface area contributed by atoms with Gasteiger partial charge in [-0.2, -0.15) is 0 Å². The lowest BCUT2D eigenvalue weighted by molar-refractivity contribution is -0.167. The maximum absolute atomic E-state index is 12.8. The minimum Gasteiger partial charge on any atom is -0.462 e. The monoisotopic (exact) mass is 949 g/mol. The molecule has 6 heteroatoms. The highest BCUT2D eigenvalue weighted by atomic mass is 16.6. The standard InChI is InChI=1S/C62H108O6/c1-4-7-10-13-16-19-22-25-28-29-30-31-32-33-35-37-40-43-46-49-52-55-61(64)67-58-59(57-66-60(63)54-51-48-45-42-39-36-27-24-21-18-15-12-9-6-3)68-62(65)56-53-50-47-44-41-38-34-26-23-20-17-14-11-8-5-2/h15,17-18,20,22,24-27,29-30,34,59H,4-14,16,19,21,23,28,31-33,35-58H2,1-3H3/b18-15-,20-17-,25-22-,27-24-,30-29-,34-26-. The van der Waals surface area contributed by atoms with E-state index in [9.17, 15) is 14.4 Å². The normalized spacial score (nSPS) is 12.6. The Labute approximate surface area is 421 Å². The number of rotatable bonds is 52. The molecule has 0 aliphatic carbocycles. The second kappa shape index (κ2) is 56.4. The van der Waals surface area contributed by atoms with Crippen molar-refractivity contribution in [1.82, 2.24) is 0 Å². The molecule has 0 spiro atoms. The predicted molar refractivity (Wildman–Crippen MR) is 293 cm³/mol. The molecule has 0 aliphatic rings. The van der Waals surface area contributed by atoms with Crippen LogP contribution in [-0.2, 0) is 28.6 Å². The molecule has 0 aromatic heterocycles. The van der Waals surface area contributed by atoms with E-state index in [2.05, 4.69) is 93.7 Å². The Morgan fingerprint density at radius 2 is 0.544 bits per heavy atom. The van der Waals surface area contributed by atoms with E-state index in [-0.39, 0.29) is 31.1 Å². The van der Waals surface area contributed by atoms with Crippen molar-refractivity contribution in [1.29, 1.82) is 0 Å². The van der Waals surface area contributed by atoms with Crippen LogP contribution in [0.25, 0.3) is 0 Å². The Kier molecular flexibility index (Phi) is 53.8. The molecule has 0 aromatic carbocycles. The fourth-order valence-electron chi connectivity index (χ4n) is 7.99. The number of unbranched alkanes of at least 4 members (excludes halogenated alkanes) is 29. The molecule has 0 saturated heterocycles. The van der Waals surface area contributed by atoms with Gasteiger partial charge >= 0.3 is 17.9 Å². The molecule has 0 fully saturated rings. The van der Waals surface area contributed by atoms with E-state index in [0.717, 1.165) is 116 Å². The summed E-state index contributed by atoms with van der Waals surface area (Å²) in [6.45, 7) is 6.55. The van der Waals surface area contributed by atoms with Crippen molar-refractivity contribution in [2.24, 2.45) is 0 Å². The van der Waals surface area contributed by atoms with Gasteiger partial charge in [0.2, 0.25) is 0 Å². The first-order valence-corrected chi connectivity index (χ1v) is 28.9. The Balaban J connectivity index is 4.38. The van der Waals surface area contributed by atoms with E-state index in [1.54, 1.807) is 0 Å². The van der Waals surface area contributed by atoms with E-state index in [4.69, 9.17) is 14.2 Å². The third-order valence-electron chi connectivity index (χ3n) is 12.4. The summed E-state index contributed by atoms with van der Waals surface area (Å²) in [5, 5.41) is 0. The highest BCUT2D eigenvalue weighted by Crippen LogP contribution is 2.15. The van der Waals surface area contributed by atoms with Gasteiger partial charge in [0.25, 0.3) is 0 Å². The van der Waals surface area contributed by atoms with Crippen LogP contribution in [0.4, 0.5) is 0 Å². The Bertz CT molecular complexity index is 1270. The first-order chi connectivity index (χ1) is 33.5. The van der Waals surface area contributed by atoms with Crippen molar-refractivity contribution in [2.75, 3.05) is 13.2 Å². The fraction of sp³-hybridized carbons (Fsp3) is 0.758. The number of hydrogen-bond donors (Lipinski definition) is 0. The number of esters is 3. The van der Waals surface area contributed by atoms with E-state index < -0.39 is 6.10 Å². The number of allylic oxidation sites excluding steroid dienone is 12. The molecule has 0 N–H and O–H groups in total. The summed E-state index contributed by atoms with van der Waals surface area (Å²) in [5.41, 5.74) is 0. The molecule has 0 aromatic rings. The van der Waals surface area contributed by atoms with E-state index in [1.807, 2.05) is 0 Å². The zero-order chi connectivity index (χ0) is 49.3. The molecule has 6 nitrogen and oxygen atoms in total. The molecule has 1 atom stereocenters. The summed E-state index contributed by atoms with van der Waals surface area (Å²) in [5.74, 6) is -0.913. The lowest BCUT2D eigenvalue weighted by Crippen LogP contribution is -2.30. The van der Waals surface area contributed by atoms with Crippen molar-refractivity contribution >= 4 is 17.9 Å². The summed E-state index contributed by atoms with van der Waals surface area (Å²) in [4.78, 5) is 38.1. The maximum atomic E-state index is 12.8. The minimum absolute atomic E-state index is 0.0876.